The van der Waals surface area contributed by atoms with Crippen LogP contribution in [0.4, 0.5) is 5.69 Å². The van der Waals surface area contributed by atoms with E-state index in [0.717, 1.165) is 0 Å². The van der Waals surface area contributed by atoms with E-state index in [2.05, 4.69) is 23.7 Å². The third-order valence-electron chi connectivity index (χ3n) is 3.61. The van der Waals surface area contributed by atoms with Gasteiger partial charge < -0.3 is 5.73 Å². The van der Waals surface area contributed by atoms with Gasteiger partial charge in [-0.1, -0.05) is 35.4 Å². The molecule has 0 spiro atoms. The van der Waals surface area contributed by atoms with Crippen molar-refractivity contribution in [3.05, 3.63) is 53.1 Å². The van der Waals surface area contributed by atoms with Crippen molar-refractivity contribution in [2.75, 3.05) is 5.73 Å². The fourth-order valence-electron chi connectivity index (χ4n) is 2.22. The number of nitrogens with zero attached hydrogens (tertiary/aromatic N) is 1. The quantitative estimate of drug-likeness (QED) is 0.210. The van der Waals surface area contributed by atoms with Crippen LogP contribution >= 0.6 is 23.2 Å². The van der Waals surface area contributed by atoms with Crippen molar-refractivity contribution in [2.45, 2.75) is 25.7 Å². The number of nitrogens with two attached hydrogens (primary N) is 1. The summed E-state index contributed by atoms with van der Waals surface area (Å²) in [5.41, 5.74) is 8.51. The van der Waals surface area contributed by atoms with E-state index in [1.165, 1.54) is 12.1 Å². The molecular formula is C18H21Cl2N3O2. The summed E-state index contributed by atoms with van der Waals surface area (Å²) < 4.78 is 0. The predicted octanol–water partition coefficient (Wildman–Crippen LogP) is 4.14. The van der Waals surface area contributed by atoms with Gasteiger partial charge in [0.2, 0.25) is 5.91 Å². The summed E-state index contributed by atoms with van der Waals surface area (Å²) in [4.78, 5) is 23.7. The molecule has 0 saturated heterocycles. The van der Waals surface area contributed by atoms with E-state index in [-0.39, 0.29) is 38.8 Å². The number of anilines is 1. The van der Waals surface area contributed by atoms with E-state index in [4.69, 9.17) is 28.9 Å². The van der Waals surface area contributed by atoms with Gasteiger partial charge in [-0.3, -0.25) is 9.59 Å². The van der Waals surface area contributed by atoms with Gasteiger partial charge in [-0.25, -0.2) is 5.43 Å². The first-order valence-electron chi connectivity index (χ1n) is 7.74. The Bertz CT molecular complexity index is 675. The molecule has 0 aromatic heterocycles. The monoisotopic (exact) mass is 381 g/mol. The van der Waals surface area contributed by atoms with Crippen LogP contribution in [0.1, 0.15) is 31.2 Å². The molecule has 0 unspecified atom stereocenters. The summed E-state index contributed by atoms with van der Waals surface area (Å²) in [6.45, 7) is 7.32. The summed E-state index contributed by atoms with van der Waals surface area (Å²) in [6, 6.07) is 3.03. The minimum atomic E-state index is -0.292. The summed E-state index contributed by atoms with van der Waals surface area (Å²) in [5.74, 6) is -0.556. The van der Waals surface area contributed by atoms with E-state index in [9.17, 15) is 9.59 Å². The zero-order valence-electron chi connectivity index (χ0n) is 13.8. The van der Waals surface area contributed by atoms with E-state index in [0.29, 0.717) is 32.0 Å². The first-order valence-corrected chi connectivity index (χ1v) is 8.50. The Kier molecular flexibility index (Phi) is 8.95. The van der Waals surface area contributed by atoms with Crippen molar-refractivity contribution in [3.8, 4) is 0 Å². The van der Waals surface area contributed by atoms with Crippen LogP contribution in [0.15, 0.2) is 42.5 Å². The van der Waals surface area contributed by atoms with Crippen molar-refractivity contribution in [1.82, 2.24) is 5.43 Å². The molecule has 7 heteroatoms. The van der Waals surface area contributed by atoms with Gasteiger partial charge in [-0.15, -0.1) is 13.2 Å². The third kappa shape index (κ3) is 6.03. The minimum absolute atomic E-state index is 0.0930. The molecule has 0 bridgehead atoms. The first kappa shape index (κ1) is 20.9. The highest BCUT2D eigenvalue weighted by atomic mass is 35.5. The predicted molar refractivity (Wildman–Crippen MR) is 104 cm³/mol. The number of halogens is 2. The lowest BCUT2D eigenvalue weighted by Crippen LogP contribution is -2.28. The van der Waals surface area contributed by atoms with Gasteiger partial charge in [0.15, 0.2) is 6.29 Å². The standard InChI is InChI=1S/C18H21Cl2N3O2/c1-3-5-7-12(8-6-4-2)18(25)23-22-15(11-24)16-13(19)9-10-14(20)17(16)21/h3-4,9-12H,1-2,5-8,21H2,(H,23,25)/b22-15+. The number of benzene rings is 1. The van der Waals surface area contributed by atoms with Crippen molar-refractivity contribution in [1.29, 1.82) is 0 Å². The number of carbonyl (C=O) groups is 2. The third-order valence-corrected chi connectivity index (χ3v) is 4.25. The molecule has 0 saturated carbocycles. The number of hydrogen-bond donors (Lipinski definition) is 2. The van der Waals surface area contributed by atoms with Crippen molar-refractivity contribution < 1.29 is 9.59 Å². The Morgan fingerprint density at radius 1 is 1.20 bits per heavy atom. The highest BCUT2D eigenvalue weighted by molar-refractivity contribution is 6.46. The number of allylic oxidation sites excluding steroid dienone is 2. The lowest BCUT2D eigenvalue weighted by atomic mass is 9.97. The first-order chi connectivity index (χ1) is 12.0. The zero-order chi connectivity index (χ0) is 18.8. The topological polar surface area (TPSA) is 84.5 Å². The summed E-state index contributed by atoms with van der Waals surface area (Å²) >= 11 is 12.0. The van der Waals surface area contributed by atoms with Crippen LogP contribution in [0.5, 0.6) is 0 Å². The largest absolute Gasteiger partial charge is 0.397 e. The smallest absolute Gasteiger partial charge is 0.243 e. The number of carbonyl (C=O) groups excluding carboxylic acids is 2. The van der Waals surface area contributed by atoms with Gasteiger partial charge in [0.25, 0.3) is 0 Å². The van der Waals surface area contributed by atoms with Crippen LogP contribution in [0.3, 0.4) is 0 Å². The van der Waals surface area contributed by atoms with Crippen LogP contribution in [-0.2, 0) is 9.59 Å². The van der Waals surface area contributed by atoms with Gasteiger partial charge >= 0.3 is 0 Å². The Morgan fingerprint density at radius 3 is 2.28 bits per heavy atom. The van der Waals surface area contributed by atoms with Gasteiger partial charge in [0.05, 0.1) is 15.7 Å². The highest BCUT2D eigenvalue weighted by Gasteiger charge is 2.18. The van der Waals surface area contributed by atoms with Gasteiger partial charge in [-0.05, 0) is 37.8 Å². The molecule has 1 aromatic carbocycles. The van der Waals surface area contributed by atoms with Gasteiger partial charge in [-0.2, -0.15) is 5.10 Å². The number of nitrogens with one attached hydrogen (secondary N) is 1. The van der Waals surface area contributed by atoms with Crippen LogP contribution in [0, 0.1) is 5.92 Å². The second kappa shape index (κ2) is 10.7. The van der Waals surface area contributed by atoms with E-state index in [1.54, 1.807) is 12.2 Å². The maximum Gasteiger partial charge on any atom is 0.243 e. The molecule has 1 rings (SSSR count). The Balaban J connectivity index is 3.00. The van der Waals surface area contributed by atoms with Crippen molar-refractivity contribution >= 4 is 46.8 Å². The molecule has 0 aliphatic carbocycles. The fourth-order valence-corrected chi connectivity index (χ4v) is 2.64. The molecule has 0 radical (unpaired) electrons. The fraction of sp³-hybridized carbons (Fsp3) is 0.278. The molecule has 1 amide bonds. The number of hydrazone groups is 1. The molecule has 0 atom stereocenters. The van der Waals surface area contributed by atoms with Crippen LogP contribution < -0.4 is 11.2 Å². The number of amides is 1. The molecule has 3 N–H and O–H groups in total. The summed E-state index contributed by atoms with van der Waals surface area (Å²) in [5, 5.41) is 4.35. The Hall–Kier alpha value is -2.11. The van der Waals surface area contributed by atoms with E-state index < -0.39 is 0 Å². The van der Waals surface area contributed by atoms with Gasteiger partial charge in [0.1, 0.15) is 5.71 Å². The molecule has 0 fully saturated rings. The SMILES string of the molecule is C=CCCC(CCC=C)C(=O)N/N=C(\C=O)c1c(Cl)ccc(Cl)c1N. The Labute approximate surface area is 157 Å². The number of rotatable bonds is 10. The molecule has 0 aliphatic heterocycles. The minimum Gasteiger partial charge on any atom is -0.397 e. The van der Waals surface area contributed by atoms with E-state index >= 15 is 0 Å². The Morgan fingerprint density at radius 2 is 1.76 bits per heavy atom. The van der Waals surface area contributed by atoms with Crippen LogP contribution in [0.25, 0.3) is 0 Å². The summed E-state index contributed by atoms with van der Waals surface area (Å²) in [7, 11) is 0. The second-order valence-electron chi connectivity index (χ2n) is 5.34. The van der Waals surface area contributed by atoms with Gasteiger partial charge in [0, 0.05) is 11.5 Å². The van der Waals surface area contributed by atoms with E-state index in [1.807, 2.05) is 0 Å². The molecule has 0 heterocycles. The molecule has 0 aliphatic rings. The molecule has 134 valence electrons. The highest BCUT2D eigenvalue weighted by Crippen LogP contribution is 2.29. The van der Waals surface area contributed by atoms with Crippen molar-refractivity contribution in [3.63, 3.8) is 0 Å². The lowest BCUT2D eigenvalue weighted by molar-refractivity contribution is -0.125. The number of hydrogen-bond acceptors (Lipinski definition) is 4. The zero-order valence-corrected chi connectivity index (χ0v) is 15.3. The normalized spacial score (nSPS) is 11.2. The number of aldehydes is 1. The maximum absolute atomic E-state index is 12.4. The van der Waals surface area contributed by atoms with Crippen molar-refractivity contribution in [2.24, 2.45) is 11.0 Å². The summed E-state index contributed by atoms with van der Waals surface area (Å²) in [6.07, 6.45) is 6.64. The molecular weight excluding hydrogens is 361 g/mol. The average Bonchev–Trinajstić information content (AvgIpc) is 2.61. The molecule has 5 nitrogen and oxygen atoms in total. The lowest BCUT2D eigenvalue weighted by Gasteiger charge is -2.14. The van der Waals surface area contributed by atoms with Crippen LogP contribution in [0.2, 0.25) is 10.0 Å². The maximum atomic E-state index is 12.4. The second-order valence-corrected chi connectivity index (χ2v) is 6.15. The average molecular weight is 382 g/mol. The molecule has 1 aromatic rings. The number of nitrogen functional groups attached to an aromatic ring is 1. The van der Waals surface area contributed by atoms with Crippen LogP contribution in [-0.4, -0.2) is 17.9 Å². The molecule has 25 heavy (non-hydrogen) atoms.